The third-order valence-corrected chi connectivity index (χ3v) is 3.49. The van der Waals surface area contributed by atoms with Gasteiger partial charge in [-0.15, -0.1) is 10.2 Å². The quantitative estimate of drug-likeness (QED) is 0.911. The summed E-state index contributed by atoms with van der Waals surface area (Å²) in [6.07, 6.45) is 1.02. The highest BCUT2D eigenvalue weighted by atomic mass is 19.1. The van der Waals surface area contributed by atoms with Crippen LogP contribution in [0.5, 0.6) is 5.75 Å². The number of anilines is 1. The number of methoxy groups -OCH3 is 1. The minimum Gasteiger partial charge on any atom is -0.494 e. The van der Waals surface area contributed by atoms with E-state index in [1.54, 1.807) is 12.1 Å². The van der Waals surface area contributed by atoms with Crippen LogP contribution in [0.15, 0.2) is 18.2 Å². The molecule has 0 amide bonds. The standard InChI is InChI=1S/C16H20FN3O/c1-5-8-18-16-11(3)10(2)15(19-20-16)12-6-7-14(21-4)13(17)9-12/h6-7,9H,5,8H2,1-4H3,(H,18,20). The molecule has 1 heterocycles. The lowest BCUT2D eigenvalue weighted by Gasteiger charge is -2.13. The minimum absolute atomic E-state index is 0.224. The number of halogens is 1. The molecule has 1 N–H and O–H groups in total. The molecule has 1 aromatic heterocycles. The minimum atomic E-state index is -0.401. The molecule has 0 atom stereocenters. The van der Waals surface area contributed by atoms with Crippen LogP contribution in [0.2, 0.25) is 0 Å². The molecule has 0 radical (unpaired) electrons. The Labute approximate surface area is 124 Å². The van der Waals surface area contributed by atoms with Crippen LogP contribution < -0.4 is 10.1 Å². The summed E-state index contributed by atoms with van der Waals surface area (Å²) in [7, 11) is 1.45. The third kappa shape index (κ3) is 3.12. The first kappa shape index (κ1) is 15.2. The predicted octanol–water partition coefficient (Wildman–Crippen LogP) is 3.73. The predicted molar refractivity (Wildman–Crippen MR) is 82.2 cm³/mol. The summed E-state index contributed by atoms with van der Waals surface area (Å²) in [5.41, 5.74) is 3.41. The van der Waals surface area contributed by atoms with Crippen molar-refractivity contribution in [3.05, 3.63) is 35.1 Å². The maximum atomic E-state index is 13.8. The van der Waals surface area contributed by atoms with E-state index in [1.165, 1.54) is 13.2 Å². The lowest BCUT2D eigenvalue weighted by molar-refractivity contribution is 0.386. The molecule has 5 heteroatoms. The topological polar surface area (TPSA) is 47.0 Å². The Morgan fingerprint density at radius 2 is 1.95 bits per heavy atom. The van der Waals surface area contributed by atoms with Crippen LogP contribution in [-0.4, -0.2) is 23.9 Å². The number of aromatic nitrogens is 2. The number of nitrogens with zero attached hydrogens (tertiary/aromatic N) is 2. The summed E-state index contributed by atoms with van der Waals surface area (Å²) in [6, 6.07) is 4.82. The third-order valence-electron chi connectivity index (χ3n) is 3.49. The molecule has 0 bridgehead atoms. The van der Waals surface area contributed by atoms with E-state index in [0.717, 1.165) is 29.9 Å². The highest BCUT2D eigenvalue weighted by Crippen LogP contribution is 2.29. The Balaban J connectivity index is 2.41. The smallest absolute Gasteiger partial charge is 0.165 e. The number of ether oxygens (including phenoxy) is 1. The zero-order valence-corrected chi connectivity index (χ0v) is 12.8. The van der Waals surface area contributed by atoms with Crippen LogP contribution in [0.1, 0.15) is 24.5 Å². The van der Waals surface area contributed by atoms with Crippen LogP contribution in [0.3, 0.4) is 0 Å². The van der Waals surface area contributed by atoms with Gasteiger partial charge in [0.05, 0.1) is 12.8 Å². The Kier molecular flexibility index (Phi) is 4.73. The molecule has 0 aliphatic heterocycles. The fraction of sp³-hybridized carbons (Fsp3) is 0.375. The van der Waals surface area contributed by atoms with E-state index in [0.29, 0.717) is 11.3 Å². The van der Waals surface area contributed by atoms with Crippen molar-refractivity contribution in [1.29, 1.82) is 0 Å². The molecule has 0 aliphatic rings. The van der Waals surface area contributed by atoms with Gasteiger partial charge in [-0.3, -0.25) is 0 Å². The van der Waals surface area contributed by atoms with Gasteiger partial charge in [-0.05, 0) is 49.6 Å². The van der Waals surface area contributed by atoms with Crippen molar-refractivity contribution in [3.8, 4) is 17.0 Å². The van der Waals surface area contributed by atoms with Gasteiger partial charge in [0.1, 0.15) is 0 Å². The van der Waals surface area contributed by atoms with E-state index < -0.39 is 5.82 Å². The first-order valence-corrected chi connectivity index (χ1v) is 7.00. The van der Waals surface area contributed by atoms with Crippen molar-refractivity contribution >= 4 is 5.82 Å². The lowest BCUT2D eigenvalue weighted by atomic mass is 10.0. The maximum absolute atomic E-state index is 13.8. The highest BCUT2D eigenvalue weighted by molar-refractivity contribution is 5.67. The number of benzene rings is 1. The molecular formula is C16H20FN3O. The van der Waals surface area contributed by atoms with Crippen molar-refractivity contribution in [2.24, 2.45) is 0 Å². The van der Waals surface area contributed by atoms with E-state index in [-0.39, 0.29) is 5.75 Å². The first-order valence-electron chi connectivity index (χ1n) is 7.00. The summed E-state index contributed by atoms with van der Waals surface area (Å²) in [5, 5.41) is 11.7. The Morgan fingerprint density at radius 3 is 2.57 bits per heavy atom. The molecule has 0 aliphatic carbocycles. The van der Waals surface area contributed by atoms with Crippen molar-refractivity contribution < 1.29 is 9.13 Å². The average molecular weight is 289 g/mol. The Hall–Kier alpha value is -2.17. The summed E-state index contributed by atoms with van der Waals surface area (Å²) in [5.74, 6) is 0.608. The maximum Gasteiger partial charge on any atom is 0.165 e. The normalized spacial score (nSPS) is 10.5. The molecule has 112 valence electrons. The van der Waals surface area contributed by atoms with Gasteiger partial charge in [0.25, 0.3) is 0 Å². The molecule has 0 unspecified atom stereocenters. The number of hydrogen-bond acceptors (Lipinski definition) is 4. The fourth-order valence-corrected chi connectivity index (χ4v) is 2.10. The van der Waals surface area contributed by atoms with E-state index in [1.807, 2.05) is 13.8 Å². The van der Waals surface area contributed by atoms with E-state index >= 15 is 0 Å². The Bertz CT molecular complexity index is 644. The van der Waals surface area contributed by atoms with Crippen LogP contribution in [-0.2, 0) is 0 Å². The second kappa shape index (κ2) is 6.52. The van der Waals surface area contributed by atoms with Crippen molar-refractivity contribution in [1.82, 2.24) is 10.2 Å². The zero-order valence-electron chi connectivity index (χ0n) is 12.8. The lowest BCUT2D eigenvalue weighted by Crippen LogP contribution is -2.07. The Morgan fingerprint density at radius 1 is 1.19 bits per heavy atom. The van der Waals surface area contributed by atoms with E-state index in [9.17, 15) is 4.39 Å². The summed E-state index contributed by atoms with van der Waals surface area (Å²) >= 11 is 0. The average Bonchev–Trinajstić information content (AvgIpc) is 2.49. The van der Waals surface area contributed by atoms with Crippen molar-refractivity contribution in [2.75, 3.05) is 19.0 Å². The molecule has 2 rings (SSSR count). The van der Waals surface area contributed by atoms with E-state index in [2.05, 4.69) is 22.4 Å². The van der Waals surface area contributed by atoms with Gasteiger partial charge in [0.2, 0.25) is 0 Å². The molecular weight excluding hydrogens is 269 g/mol. The van der Waals surface area contributed by atoms with Crippen molar-refractivity contribution in [2.45, 2.75) is 27.2 Å². The molecule has 0 saturated heterocycles. The summed E-state index contributed by atoms with van der Waals surface area (Å²) in [4.78, 5) is 0. The van der Waals surface area contributed by atoms with Gasteiger partial charge in [-0.1, -0.05) is 6.92 Å². The fourth-order valence-electron chi connectivity index (χ4n) is 2.10. The molecule has 0 spiro atoms. The van der Waals surface area contributed by atoms with Gasteiger partial charge < -0.3 is 10.1 Å². The van der Waals surface area contributed by atoms with Gasteiger partial charge in [0.15, 0.2) is 17.4 Å². The number of hydrogen-bond donors (Lipinski definition) is 1. The van der Waals surface area contributed by atoms with Crippen LogP contribution in [0, 0.1) is 19.7 Å². The highest BCUT2D eigenvalue weighted by Gasteiger charge is 2.13. The van der Waals surface area contributed by atoms with Gasteiger partial charge in [-0.25, -0.2) is 4.39 Å². The molecule has 2 aromatic rings. The summed E-state index contributed by atoms with van der Waals surface area (Å²) < 4.78 is 18.8. The molecule has 4 nitrogen and oxygen atoms in total. The SMILES string of the molecule is CCCNc1nnc(-c2ccc(OC)c(F)c2)c(C)c1C. The van der Waals surface area contributed by atoms with Gasteiger partial charge in [0, 0.05) is 12.1 Å². The van der Waals surface area contributed by atoms with Crippen LogP contribution in [0.4, 0.5) is 10.2 Å². The zero-order chi connectivity index (χ0) is 15.4. The second-order valence-electron chi connectivity index (χ2n) is 4.92. The second-order valence-corrected chi connectivity index (χ2v) is 4.92. The monoisotopic (exact) mass is 289 g/mol. The molecule has 0 fully saturated rings. The van der Waals surface area contributed by atoms with Crippen LogP contribution in [0.25, 0.3) is 11.3 Å². The molecule has 1 aromatic carbocycles. The largest absolute Gasteiger partial charge is 0.494 e. The first-order chi connectivity index (χ1) is 10.1. The van der Waals surface area contributed by atoms with Crippen molar-refractivity contribution in [3.63, 3.8) is 0 Å². The van der Waals surface area contributed by atoms with E-state index in [4.69, 9.17) is 4.74 Å². The molecule has 0 saturated carbocycles. The number of rotatable bonds is 5. The summed E-state index contributed by atoms with van der Waals surface area (Å²) in [6.45, 7) is 6.91. The van der Waals surface area contributed by atoms with Crippen LogP contribution >= 0.6 is 0 Å². The number of nitrogens with one attached hydrogen (secondary N) is 1. The molecule has 21 heavy (non-hydrogen) atoms. The van der Waals surface area contributed by atoms with Gasteiger partial charge >= 0.3 is 0 Å². The van der Waals surface area contributed by atoms with Gasteiger partial charge in [-0.2, -0.15) is 0 Å².